The van der Waals surface area contributed by atoms with Crippen molar-refractivity contribution in [2.75, 3.05) is 26.7 Å². The fourth-order valence-corrected chi connectivity index (χ4v) is 7.67. The molecule has 0 bridgehead atoms. The molecule has 4 aliphatic heterocycles. The molecule has 0 aromatic heterocycles. The third-order valence-electron chi connectivity index (χ3n) is 9.42. The summed E-state index contributed by atoms with van der Waals surface area (Å²) in [4.78, 5) is 39.8. The number of phosphoric acid groups is 1. The largest absolute Gasteiger partial charge is 0.485 e. The number of fused-ring (bicyclic) bond motifs is 2. The lowest BCUT2D eigenvalue weighted by molar-refractivity contribution is -0.175. The molecule has 4 aliphatic rings. The highest BCUT2D eigenvalue weighted by Crippen LogP contribution is 2.49. The Morgan fingerprint density at radius 2 is 1.20 bits per heavy atom. The predicted molar refractivity (Wildman–Crippen MR) is 171 cm³/mol. The second-order valence-corrected chi connectivity index (χ2v) is 15.0. The number of ether oxygens (including phenoxy) is 4. The van der Waals surface area contributed by atoms with Crippen LogP contribution in [-0.4, -0.2) is 76.6 Å². The van der Waals surface area contributed by atoms with Crippen LogP contribution in [0.15, 0.2) is 36.4 Å². The Hall–Kier alpha value is -4.01. The number of likely N-dealkylation sites (tertiary alicyclic amines) is 2. The van der Waals surface area contributed by atoms with Gasteiger partial charge < -0.3 is 33.6 Å². The van der Waals surface area contributed by atoms with Crippen molar-refractivity contribution >= 4 is 19.6 Å². The third kappa shape index (κ3) is 6.90. The lowest BCUT2D eigenvalue weighted by Crippen LogP contribution is -2.55. The maximum atomic E-state index is 13.1. The van der Waals surface area contributed by atoms with Gasteiger partial charge in [-0.15, -0.1) is 0 Å². The van der Waals surface area contributed by atoms with E-state index in [0.29, 0.717) is 72.5 Å². The zero-order chi connectivity index (χ0) is 35.1. The Bertz CT molecular complexity index is 1640. The van der Waals surface area contributed by atoms with Gasteiger partial charge in [0.2, 0.25) is 11.8 Å². The highest BCUT2D eigenvalue weighted by molar-refractivity contribution is 7.47. The SMILES string of the molecule is CC1(C)Oc2ccc(C#N)cc2[C@H](N2CCCC2=O)[C@H]1OCOP(=O)(O)OCO[C@@H]1[C@@H](N2CCCC2=O)c2cc(C#N)ccc2OC1(C)C. The molecule has 4 atom stereocenters. The second-order valence-electron chi connectivity index (χ2n) is 13.5. The minimum Gasteiger partial charge on any atom is -0.485 e. The normalized spacial score (nSPS) is 25.5. The summed E-state index contributed by atoms with van der Waals surface area (Å²) in [5.74, 6) is 0.873. The first kappa shape index (κ1) is 34.8. The van der Waals surface area contributed by atoms with E-state index < -0.39 is 56.9 Å². The summed E-state index contributed by atoms with van der Waals surface area (Å²) in [6.07, 6.45) is 0.374. The molecule has 4 heterocycles. The summed E-state index contributed by atoms with van der Waals surface area (Å²) < 4.78 is 48.0. The smallest absolute Gasteiger partial charge is 0.476 e. The zero-order valence-corrected chi connectivity index (χ0v) is 28.7. The van der Waals surface area contributed by atoms with E-state index in [1.54, 1.807) is 73.9 Å². The van der Waals surface area contributed by atoms with Crippen molar-refractivity contribution in [2.24, 2.45) is 0 Å². The van der Waals surface area contributed by atoms with Crippen molar-refractivity contribution in [3.05, 3.63) is 58.7 Å². The number of carbonyl (C=O) groups excluding carboxylic acids is 2. The zero-order valence-electron chi connectivity index (χ0n) is 27.8. The Kier molecular flexibility index (Phi) is 9.50. The maximum absolute atomic E-state index is 13.1. The van der Waals surface area contributed by atoms with Gasteiger partial charge in [0.05, 0.1) is 35.3 Å². The monoisotopic (exact) mass is 694 g/mol. The predicted octanol–water partition coefficient (Wildman–Crippen LogP) is 4.62. The summed E-state index contributed by atoms with van der Waals surface area (Å²) in [5.41, 5.74) is -0.0302. The molecule has 2 amide bonds. The molecule has 15 heteroatoms. The number of nitrogens with zero attached hydrogens (tertiary/aromatic N) is 4. The van der Waals surface area contributed by atoms with Gasteiger partial charge in [0, 0.05) is 37.1 Å². The quantitative estimate of drug-likeness (QED) is 0.270. The number of nitriles is 2. The van der Waals surface area contributed by atoms with Crippen LogP contribution in [0.5, 0.6) is 11.5 Å². The van der Waals surface area contributed by atoms with Crippen molar-refractivity contribution in [1.29, 1.82) is 10.5 Å². The van der Waals surface area contributed by atoms with Crippen molar-refractivity contribution in [3.8, 4) is 23.6 Å². The van der Waals surface area contributed by atoms with E-state index in [1.165, 1.54) is 0 Å². The average Bonchev–Trinajstić information content (AvgIpc) is 3.67. The van der Waals surface area contributed by atoms with Crippen LogP contribution < -0.4 is 9.47 Å². The molecular formula is C34H39N4O10P. The van der Waals surface area contributed by atoms with Gasteiger partial charge >= 0.3 is 7.82 Å². The Morgan fingerprint density at radius 1 is 0.796 bits per heavy atom. The number of carbonyl (C=O) groups is 2. The van der Waals surface area contributed by atoms with Gasteiger partial charge in [-0.25, -0.2) is 4.57 Å². The molecule has 1 N–H and O–H groups in total. The van der Waals surface area contributed by atoms with Crippen LogP contribution in [0, 0.1) is 22.7 Å². The van der Waals surface area contributed by atoms with Gasteiger partial charge in [-0.3, -0.25) is 18.6 Å². The van der Waals surface area contributed by atoms with Crippen molar-refractivity contribution in [3.63, 3.8) is 0 Å². The highest BCUT2D eigenvalue weighted by Gasteiger charge is 2.51. The molecular weight excluding hydrogens is 655 g/mol. The highest BCUT2D eigenvalue weighted by atomic mass is 31.2. The van der Waals surface area contributed by atoms with Crippen LogP contribution in [-0.2, 0) is 32.7 Å². The van der Waals surface area contributed by atoms with Gasteiger partial charge in [-0.2, -0.15) is 10.5 Å². The van der Waals surface area contributed by atoms with E-state index >= 15 is 0 Å². The van der Waals surface area contributed by atoms with E-state index in [1.807, 2.05) is 0 Å². The van der Waals surface area contributed by atoms with Crippen molar-refractivity contribution in [2.45, 2.75) is 88.9 Å². The van der Waals surface area contributed by atoms with Crippen LogP contribution in [0.2, 0.25) is 0 Å². The van der Waals surface area contributed by atoms with Gasteiger partial charge in [0.15, 0.2) is 13.6 Å². The first-order valence-corrected chi connectivity index (χ1v) is 17.6. The lowest BCUT2D eigenvalue weighted by Gasteiger charge is -2.47. The van der Waals surface area contributed by atoms with E-state index in [2.05, 4.69) is 12.1 Å². The third-order valence-corrected chi connectivity index (χ3v) is 10.3. The Morgan fingerprint density at radius 3 is 1.55 bits per heavy atom. The van der Waals surface area contributed by atoms with Crippen LogP contribution in [0.3, 0.4) is 0 Å². The minimum absolute atomic E-state index is 0.0751. The van der Waals surface area contributed by atoms with Gasteiger partial charge in [-0.05, 0) is 76.9 Å². The molecule has 2 saturated heterocycles. The molecule has 260 valence electrons. The average molecular weight is 695 g/mol. The topological polar surface area (TPSA) is 181 Å². The molecule has 49 heavy (non-hydrogen) atoms. The molecule has 14 nitrogen and oxygen atoms in total. The summed E-state index contributed by atoms with van der Waals surface area (Å²) >= 11 is 0. The molecule has 6 rings (SSSR count). The van der Waals surface area contributed by atoms with Crippen LogP contribution in [0.1, 0.15) is 87.7 Å². The summed E-state index contributed by atoms with van der Waals surface area (Å²) in [5, 5.41) is 19.1. The van der Waals surface area contributed by atoms with Crippen LogP contribution >= 0.6 is 7.82 Å². The van der Waals surface area contributed by atoms with E-state index in [4.69, 9.17) is 28.0 Å². The van der Waals surface area contributed by atoms with Gasteiger partial charge in [-0.1, -0.05) is 0 Å². The Labute approximate surface area is 284 Å². The standard InChI is InChI=1S/C34H39N4O10P/c1-33(2)31(29(37-13-5-7-27(37)39)23-15-21(17-35)9-11-25(23)47-33)43-19-45-49(41,42)46-20-44-32-30(38-14-6-8-28(38)40)24-16-22(18-36)10-12-26(24)48-34(32,3)4/h9-12,15-16,29-32H,5-8,13-14,19-20H2,1-4H3,(H,41,42)/t29-,30-,31+,32+/m0/s1. The second kappa shape index (κ2) is 13.4. The van der Waals surface area contributed by atoms with Crippen LogP contribution in [0.4, 0.5) is 0 Å². The summed E-state index contributed by atoms with van der Waals surface area (Å²) in [6.45, 7) is 6.69. The number of rotatable bonds is 10. The first-order valence-electron chi connectivity index (χ1n) is 16.1. The molecule has 2 fully saturated rings. The fourth-order valence-electron chi connectivity index (χ4n) is 7.20. The lowest BCUT2D eigenvalue weighted by atomic mass is 9.85. The Balaban J connectivity index is 1.15. The number of amides is 2. The first-order chi connectivity index (χ1) is 23.2. The van der Waals surface area contributed by atoms with Gasteiger partial charge in [0.1, 0.15) is 34.9 Å². The van der Waals surface area contributed by atoms with Crippen LogP contribution in [0.25, 0.3) is 0 Å². The number of hydrogen-bond acceptors (Lipinski definition) is 11. The van der Waals surface area contributed by atoms with Crippen molar-refractivity contribution in [1.82, 2.24) is 9.80 Å². The molecule has 2 aromatic rings. The molecule has 2 aromatic carbocycles. The number of benzene rings is 2. The molecule has 0 saturated carbocycles. The van der Waals surface area contributed by atoms with Gasteiger partial charge in [0.25, 0.3) is 0 Å². The van der Waals surface area contributed by atoms with E-state index in [9.17, 15) is 29.6 Å². The maximum Gasteiger partial charge on any atom is 0.476 e. The molecule has 0 unspecified atom stereocenters. The summed E-state index contributed by atoms with van der Waals surface area (Å²) in [6, 6.07) is 12.9. The fraction of sp³-hybridized carbons (Fsp3) is 0.529. The summed E-state index contributed by atoms with van der Waals surface area (Å²) in [7, 11) is -4.76. The minimum atomic E-state index is -4.76. The molecule has 0 spiro atoms. The van der Waals surface area contributed by atoms with E-state index in [-0.39, 0.29) is 11.8 Å². The number of hydrogen-bond donors (Lipinski definition) is 1. The molecule has 0 aliphatic carbocycles. The number of phosphoric ester groups is 1. The van der Waals surface area contributed by atoms with Crippen molar-refractivity contribution < 1.29 is 47.0 Å². The molecule has 0 radical (unpaired) electrons. The van der Waals surface area contributed by atoms with E-state index in [0.717, 1.165) is 0 Å².